The molecule has 3 aliphatic rings. The predicted octanol–water partition coefficient (Wildman–Crippen LogP) is 4.72. The van der Waals surface area contributed by atoms with Gasteiger partial charge >= 0.3 is 0 Å². The van der Waals surface area contributed by atoms with Crippen molar-refractivity contribution in [3.63, 3.8) is 0 Å². The second-order valence-electron chi connectivity index (χ2n) is 9.79. The summed E-state index contributed by atoms with van der Waals surface area (Å²) in [6.45, 7) is 3.72. The van der Waals surface area contributed by atoms with Crippen LogP contribution in [0.3, 0.4) is 0 Å². The highest BCUT2D eigenvalue weighted by molar-refractivity contribution is 5.89. The average Bonchev–Trinajstić information content (AvgIpc) is 3.25. The highest BCUT2D eigenvalue weighted by Gasteiger charge is 2.61. The van der Waals surface area contributed by atoms with Crippen molar-refractivity contribution in [2.75, 3.05) is 32.2 Å². The first kappa shape index (κ1) is 21.4. The number of carbonyl (C=O) groups excluding carboxylic acids is 1. The Labute approximate surface area is 200 Å². The van der Waals surface area contributed by atoms with E-state index in [0.29, 0.717) is 18.9 Å². The summed E-state index contributed by atoms with van der Waals surface area (Å²) < 4.78 is 13.8. The van der Waals surface area contributed by atoms with Gasteiger partial charge in [0, 0.05) is 48.6 Å². The standard InChI is InChI=1S/C28H33N3O3/c1-4-5-27(32)29-14-11-20-21-16-18(33-2)7-9-25(21)31-26(20)12-15-30-24-8-6-19(34-3)17-22(24)23-10-13-28(23,30)31/h6-9,16-17,23H,4-5,10-15H2,1-3H3,(H,29,32). The van der Waals surface area contributed by atoms with E-state index in [1.165, 1.54) is 39.8 Å². The first-order valence-electron chi connectivity index (χ1n) is 12.5. The lowest BCUT2D eigenvalue weighted by Crippen LogP contribution is -2.60. The van der Waals surface area contributed by atoms with E-state index in [4.69, 9.17) is 9.47 Å². The number of carbonyl (C=O) groups is 1. The molecule has 34 heavy (non-hydrogen) atoms. The topological polar surface area (TPSA) is 55.7 Å². The molecule has 1 aromatic heterocycles. The number of aromatic nitrogens is 1. The van der Waals surface area contributed by atoms with Crippen LogP contribution in [-0.4, -0.2) is 37.8 Å². The summed E-state index contributed by atoms with van der Waals surface area (Å²) in [6, 6.07) is 13.1. The summed E-state index contributed by atoms with van der Waals surface area (Å²) in [5.74, 6) is 2.42. The maximum atomic E-state index is 12.1. The fourth-order valence-corrected chi connectivity index (χ4v) is 6.73. The van der Waals surface area contributed by atoms with Crippen molar-refractivity contribution in [3.05, 3.63) is 53.2 Å². The first-order valence-corrected chi connectivity index (χ1v) is 12.5. The van der Waals surface area contributed by atoms with E-state index in [1.54, 1.807) is 14.2 Å². The van der Waals surface area contributed by atoms with Crippen LogP contribution < -0.4 is 19.7 Å². The minimum Gasteiger partial charge on any atom is -0.497 e. The van der Waals surface area contributed by atoms with Gasteiger partial charge in [-0.2, -0.15) is 0 Å². The molecule has 178 valence electrons. The van der Waals surface area contributed by atoms with Crippen molar-refractivity contribution < 1.29 is 14.3 Å². The number of methoxy groups -OCH3 is 2. The second kappa shape index (κ2) is 7.97. The molecule has 2 atom stereocenters. The van der Waals surface area contributed by atoms with Gasteiger partial charge in [0.25, 0.3) is 0 Å². The van der Waals surface area contributed by atoms with Gasteiger partial charge in [-0.3, -0.25) is 4.79 Å². The number of hydrogen-bond donors (Lipinski definition) is 1. The Morgan fingerprint density at radius 1 is 1.15 bits per heavy atom. The number of ether oxygens (including phenoxy) is 2. The van der Waals surface area contributed by atoms with Crippen molar-refractivity contribution in [2.24, 2.45) is 0 Å². The van der Waals surface area contributed by atoms with Gasteiger partial charge in [0.1, 0.15) is 17.2 Å². The van der Waals surface area contributed by atoms with Crippen LogP contribution in [0.2, 0.25) is 0 Å². The Morgan fingerprint density at radius 2 is 1.94 bits per heavy atom. The van der Waals surface area contributed by atoms with Gasteiger partial charge in [0.15, 0.2) is 0 Å². The third kappa shape index (κ3) is 2.83. The highest BCUT2D eigenvalue weighted by atomic mass is 16.5. The van der Waals surface area contributed by atoms with Gasteiger partial charge in [0.2, 0.25) is 5.91 Å². The van der Waals surface area contributed by atoms with Crippen molar-refractivity contribution in [1.29, 1.82) is 0 Å². The Kier molecular flexibility index (Phi) is 5.01. The van der Waals surface area contributed by atoms with Gasteiger partial charge in [-0.1, -0.05) is 6.92 Å². The third-order valence-electron chi connectivity index (χ3n) is 8.25. The van der Waals surface area contributed by atoms with Crippen LogP contribution in [0.15, 0.2) is 36.4 Å². The van der Waals surface area contributed by atoms with E-state index in [0.717, 1.165) is 43.7 Å². The normalized spacial score (nSPS) is 21.9. The number of rotatable bonds is 7. The molecular formula is C28H33N3O3. The molecule has 6 nitrogen and oxygen atoms in total. The summed E-state index contributed by atoms with van der Waals surface area (Å²) in [6.07, 6.45) is 5.62. The summed E-state index contributed by atoms with van der Waals surface area (Å²) in [5, 5.41) is 4.38. The Bertz CT molecular complexity index is 1280. The third-order valence-corrected chi connectivity index (χ3v) is 8.25. The Morgan fingerprint density at radius 3 is 2.68 bits per heavy atom. The highest BCUT2D eigenvalue weighted by Crippen LogP contribution is 2.64. The van der Waals surface area contributed by atoms with Crippen LogP contribution in [0.1, 0.15) is 55.3 Å². The molecule has 0 bridgehead atoms. The molecule has 0 saturated heterocycles. The molecule has 1 saturated carbocycles. The summed E-state index contributed by atoms with van der Waals surface area (Å²) >= 11 is 0. The van der Waals surface area contributed by atoms with E-state index in [1.807, 2.05) is 6.92 Å². The lowest BCUT2D eigenvalue weighted by atomic mass is 9.70. The number of nitrogens with one attached hydrogen (secondary N) is 1. The Balaban J connectivity index is 1.46. The SMILES string of the molecule is CCCC(=O)NCCc1c2n(c3ccc(OC)cc13)C13CCC1c1cc(OC)ccc1N3CC2. The van der Waals surface area contributed by atoms with Crippen LogP contribution in [0.4, 0.5) is 5.69 Å². The average molecular weight is 460 g/mol. The molecule has 2 aromatic carbocycles. The molecule has 3 heterocycles. The van der Waals surface area contributed by atoms with E-state index < -0.39 is 0 Å². The molecule has 1 spiro atoms. The number of amides is 1. The fourth-order valence-electron chi connectivity index (χ4n) is 6.73. The molecule has 0 radical (unpaired) electrons. The van der Waals surface area contributed by atoms with Gasteiger partial charge in [-0.05, 0) is 73.2 Å². The molecule has 6 rings (SSSR count). The zero-order chi connectivity index (χ0) is 23.4. The fraction of sp³-hybridized carbons (Fsp3) is 0.464. The molecule has 3 aromatic rings. The maximum absolute atomic E-state index is 12.1. The summed E-state index contributed by atoms with van der Waals surface area (Å²) in [7, 11) is 3.47. The lowest BCUT2D eigenvalue weighted by Gasteiger charge is -2.55. The molecule has 1 amide bonds. The zero-order valence-corrected chi connectivity index (χ0v) is 20.3. The number of benzene rings is 2. The summed E-state index contributed by atoms with van der Waals surface area (Å²) in [4.78, 5) is 14.8. The van der Waals surface area contributed by atoms with Crippen molar-refractivity contribution in [3.8, 4) is 11.5 Å². The van der Waals surface area contributed by atoms with Crippen molar-refractivity contribution in [1.82, 2.24) is 9.88 Å². The molecule has 1 N–H and O–H groups in total. The van der Waals surface area contributed by atoms with Gasteiger partial charge < -0.3 is 24.3 Å². The minimum atomic E-state index is -0.0428. The molecular weight excluding hydrogens is 426 g/mol. The van der Waals surface area contributed by atoms with Crippen LogP contribution >= 0.6 is 0 Å². The second-order valence-corrected chi connectivity index (χ2v) is 9.79. The monoisotopic (exact) mass is 459 g/mol. The van der Waals surface area contributed by atoms with Crippen LogP contribution in [0.5, 0.6) is 11.5 Å². The zero-order valence-electron chi connectivity index (χ0n) is 20.3. The number of nitrogens with zero attached hydrogens (tertiary/aromatic N) is 2. The van der Waals surface area contributed by atoms with Crippen molar-refractivity contribution >= 4 is 22.5 Å². The van der Waals surface area contributed by atoms with E-state index in [-0.39, 0.29) is 11.6 Å². The van der Waals surface area contributed by atoms with Crippen LogP contribution in [0, 0.1) is 0 Å². The Hall–Kier alpha value is -3.15. The minimum absolute atomic E-state index is 0.0428. The first-order chi connectivity index (χ1) is 16.6. The van der Waals surface area contributed by atoms with E-state index >= 15 is 0 Å². The predicted molar refractivity (Wildman–Crippen MR) is 134 cm³/mol. The molecule has 1 aliphatic carbocycles. The molecule has 1 fully saturated rings. The van der Waals surface area contributed by atoms with Crippen LogP contribution in [-0.2, 0) is 23.3 Å². The van der Waals surface area contributed by atoms with E-state index in [9.17, 15) is 4.79 Å². The van der Waals surface area contributed by atoms with Crippen LogP contribution in [0.25, 0.3) is 10.9 Å². The smallest absolute Gasteiger partial charge is 0.219 e. The van der Waals surface area contributed by atoms with Gasteiger partial charge in [-0.15, -0.1) is 0 Å². The summed E-state index contributed by atoms with van der Waals surface area (Å²) in [5.41, 5.74) is 6.80. The van der Waals surface area contributed by atoms with Gasteiger partial charge in [0.05, 0.1) is 19.7 Å². The van der Waals surface area contributed by atoms with Crippen molar-refractivity contribution in [2.45, 2.75) is 57.0 Å². The molecule has 6 heteroatoms. The van der Waals surface area contributed by atoms with E-state index in [2.05, 4.69) is 51.2 Å². The number of anilines is 1. The lowest BCUT2D eigenvalue weighted by molar-refractivity contribution is -0.121. The largest absolute Gasteiger partial charge is 0.497 e. The quantitative estimate of drug-likeness (QED) is 0.555. The maximum Gasteiger partial charge on any atom is 0.219 e. The number of hydrogen-bond acceptors (Lipinski definition) is 4. The molecule has 2 unspecified atom stereocenters. The molecule has 2 aliphatic heterocycles. The van der Waals surface area contributed by atoms with Gasteiger partial charge in [-0.25, -0.2) is 0 Å². The number of fused-ring (bicyclic) bond motifs is 6.